The molecule has 2 rings (SSSR count). The van der Waals surface area contributed by atoms with Crippen molar-refractivity contribution in [2.75, 3.05) is 13.1 Å². The third kappa shape index (κ3) is 5.56. The summed E-state index contributed by atoms with van der Waals surface area (Å²) in [6, 6.07) is 3.77. The van der Waals surface area contributed by atoms with E-state index < -0.39 is 0 Å². The highest BCUT2D eigenvalue weighted by atomic mass is 35.5. The lowest BCUT2D eigenvalue weighted by atomic mass is 10.2. The Hall–Kier alpha value is -2.08. The first-order chi connectivity index (χ1) is 11.1. The number of aromatic nitrogens is 2. The average Bonchev–Trinajstić information content (AvgIpc) is 2.85. The maximum absolute atomic E-state index is 5.78. The van der Waals surface area contributed by atoms with Gasteiger partial charge >= 0.3 is 0 Å². The van der Waals surface area contributed by atoms with Gasteiger partial charge in [-0.3, -0.25) is 0 Å². The van der Waals surface area contributed by atoms with Crippen molar-refractivity contribution < 1.29 is 4.42 Å². The lowest BCUT2D eigenvalue weighted by Crippen LogP contribution is -2.38. The van der Waals surface area contributed by atoms with E-state index in [1.54, 1.807) is 12.3 Å². The number of nitrogens with zero attached hydrogens (tertiary/aromatic N) is 3. The lowest BCUT2D eigenvalue weighted by Gasteiger charge is -2.10. The number of hydrogen-bond acceptors (Lipinski definition) is 4. The van der Waals surface area contributed by atoms with E-state index in [1.807, 2.05) is 26.8 Å². The molecule has 0 atom stereocenters. The lowest BCUT2D eigenvalue weighted by molar-refractivity contribution is 0.473. The summed E-state index contributed by atoms with van der Waals surface area (Å²) in [6.45, 7) is 7.80. The number of guanidine groups is 1. The van der Waals surface area contributed by atoms with Crippen LogP contribution >= 0.6 is 11.6 Å². The van der Waals surface area contributed by atoms with Gasteiger partial charge in [-0.25, -0.2) is 15.0 Å². The number of oxazole rings is 1. The molecule has 0 aliphatic carbocycles. The smallest absolute Gasteiger partial charge is 0.216 e. The molecule has 0 aromatic carbocycles. The van der Waals surface area contributed by atoms with Gasteiger partial charge in [0.25, 0.3) is 0 Å². The first kappa shape index (κ1) is 17.3. The standard InChI is InChI=1S/C16H22ClN5O/c1-4-18-16(21-10-15-22-11(2)12(3)23-15)19-8-7-13-5-6-14(17)20-9-13/h5-6,9H,4,7-8,10H2,1-3H3,(H2,18,19,21). The van der Waals surface area contributed by atoms with E-state index >= 15 is 0 Å². The maximum atomic E-state index is 5.78. The predicted octanol–water partition coefficient (Wildman–Crippen LogP) is 2.64. The highest BCUT2D eigenvalue weighted by Crippen LogP contribution is 2.09. The van der Waals surface area contributed by atoms with E-state index in [4.69, 9.17) is 16.0 Å². The topological polar surface area (TPSA) is 75.3 Å². The van der Waals surface area contributed by atoms with Crippen LogP contribution < -0.4 is 10.6 Å². The van der Waals surface area contributed by atoms with E-state index in [9.17, 15) is 0 Å². The molecular formula is C16H22ClN5O. The molecule has 124 valence electrons. The summed E-state index contributed by atoms with van der Waals surface area (Å²) >= 11 is 5.78. The van der Waals surface area contributed by atoms with Crippen LogP contribution in [0.2, 0.25) is 5.15 Å². The van der Waals surface area contributed by atoms with Gasteiger partial charge in [-0.2, -0.15) is 0 Å². The van der Waals surface area contributed by atoms with Gasteiger partial charge < -0.3 is 15.1 Å². The van der Waals surface area contributed by atoms with Crippen molar-refractivity contribution in [1.82, 2.24) is 20.6 Å². The molecule has 0 amide bonds. The number of halogens is 1. The van der Waals surface area contributed by atoms with Crippen LogP contribution in [0.3, 0.4) is 0 Å². The van der Waals surface area contributed by atoms with Crippen molar-refractivity contribution >= 4 is 17.6 Å². The Morgan fingerprint density at radius 2 is 2.13 bits per heavy atom. The molecule has 0 unspecified atom stereocenters. The first-order valence-electron chi connectivity index (χ1n) is 7.64. The van der Waals surface area contributed by atoms with Crippen molar-refractivity contribution in [2.45, 2.75) is 33.7 Å². The Bertz CT molecular complexity index is 631. The minimum absolute atomic E-state index is 0.409. The van der Waals surface area contributed by atoms with Crippen LogP contribution in [-0.2, 0) is 13.0 Å². The second kappa shape index (κ2) is 8.53. The SMILES string of the molecule is CCNC(=NCc1nc(C)c(C)o1)NCCc1ccc(Cl)nc1. The molecule has 2 aromatic rings. The summed E-state index contributed by atoms with van der Waals surface area (Å²) in [6.07, 6.45) is 2.62. The van der Waals surface area contributed by atoms with Crippen molar-refractivity contribution in [3.05, 3.63) is 46.4 Å². The fraction of sp³-hybridized carbons (Fsp3) is 0.438. The summed E-state index contributed by atoms with van der Waals surface area (Å²) < 4.78 is 5.53. The van der Waals surface area contributed by atoms with Crippen LogP contribution in [0.5, 0.6) is 0 Å². The van der Waals surface area contributed by atoms with Gasteiger partial charge in [0.05, 0.1) is 5.69 Å². The van der Waals surface area contributed by atoms with Crippen LogP contribution in [0.25, 0.3) is 0 Å². The minimum Gasteiger partial charge on any atom is -0.444 e. The fourth-order valence-corrected chi connectivity index (χ4v) is 2.09. The number of nitrogens with one attached hydrogen (secondary N) is 2. The van der Waals surface area contributed by atoms with Crippen LogP contribution in [-0.4, -0.2) is 29.0 Å². The number of aliphatic imine (C=N–C) groups is 1. The van der Waals surface area contributed by atoms with Crippen molar-refractivity contribution in [3.8, 4) is 0 Å². The molecule has 2 N–H and O–H groups in total. The average molecular weight is 336 g/mol. The van der Waals surface area contributed by atoms with E-state index in [1.165, 1.54) is 0 Å². The zero-order valence-electron chi connectivity index (χ0n) is 13.7. The third-order valence-corrected chi connectivity index (χ3v) is 3.51. The second-order valence-electron chi connectivity index (χ2n) is 5.11. The van der Waals surface area contributed by atoms with E-state index in [2.05, 4.69) is 25.6 Å². The maximum Gasteiger partial charge on any atom is 0.216 e. The molecule has 0 spiro atoms. The molecule has 23 heavy (non-hydrogen) atoms. The van der Waals surface area contributed by atoms with E-state index in [-0.39, 0.29) is 0 Å². The van der Waals surface area contributed by atoms with Crippen LogP contribution in [0.1, 0.15) is 29.8 Å². The van der Waals surface area contributed by atoms with Gasteiger partial charge in [0.2, 0.25) is 5.89 Å². The Morgan fingerprint density at radius 1 is 1.30 bits per heavy atom. The van der Waals surface area contributed by atoms with Gasteiger partial charge in [0.15, 0.2) is 5.96 Å². The summed E-state index contributed by atoms with van der Waals surface area (Å²) in [5.41, 5.74) is 2.03. The summed E-state index contributed by atoms with van der Waals surface area (Å²) in [5.74, 6) is 2.20. The number of pyridine rings is 1. The Kier molecular flexibility index (Phi) is 6.40. The van der Waals surface area contributed by atoms with Crippen molar-refractivity contribution in [1.29, 1.82) is 0 Å². The Labute approximate surface area is 141 Å². The zero-order valence-corrected chi connectivity index (χ0v) is 14.4. The first-order valence-corrected chi connectivity index (χ1v) is 8.01. The molecule has 0 saturated carbocycles. The molecule has 0 aliphatic rings. The molecule has 0 saturated heterocycles. The van der Waals surface area contributed by atoms with Gasteiger partial charge in [-0.05, 0) is 38.8 Å². The molecule has 6 nitrogen and oxygen atoms in total. The normalized spacial score (nSPS) is 11.6. The summed E-state index contributed by atoms with van der Waals surface area (Å²) in [7, 11) is 0. The largest absolute Gasteiger partial charge is 0.444 e. The van der Waals surface area contributed by atoms with E-state index in [0.717, 1.165) is 42.5 Å². The zero-order chi connectivity index (χ0) is 16.7. The molecular weight excluding hydrogens is 314 g/mol. The van der Waals surface area contributed by atoms with Crippen molar-refractivity contribution in [2.24, 2.45) is 4.99 Å². The highest BCUT2D eigenvalue weighted by molar-refractivity contribution is 6.29. The molecule has 0 aliphatic heterocycles. The van der Waals surface area contributed by atoms with Crippen LogP contribution in [0.4, 0.5) is 0 Å². The van der Waals surface area contributed by atoms with E-state index in [0.29, 0.717) is 17.6 Å². The van der Waals surface area contributed by atoms with Crippen LogP contribution in [0, 0.1) is 13.8 Å². The van der Waals surface area contributed by atoms with Crippen molar-refractivity contribution in [3.63, 3.8) is 0 Å². The predicted molar refractivity (Wildman–Crippen MR) is 91.7 cm³/mol. The Balaban J connectivity index is 1.87. The summed E-state index contributed by atoms with van der Waals surface area (Å²) in [4.78, 5) is 12.9. The summed E-state index contributed by atoms with van der Waals surface area (Å²) in [5, 5.41) is 6.99. The quantitative estimate of drug-likeness (QED) is 0.482. The fourth-order valence-electron chi connectivity index (χ4n) is 1.97. The highest BCUT2D eigenvalue weighted by Gasteiger charge is 2.05. The molecule has 0 bridgehead atoms. The Morgan fingerprint density at radius 3 is 2.74 bits per heavy atom. The molecule has 0 fully saturated rings. The minimum atomic E-state index is 0.409. The molecule has 2 heterocycles. The monoisotopic (exact) mass is 335 g/mol. The molecule has 7 heteroatoms. The van der Waals surface area contributed by atoms with Crippen LogP contribution in [0.15, 0.2) is 27.7 Å². The van der Waals surface area contributed by atoms with Gasteiger partial charge in [-0.15, -0.1) is 0 Å². The van der Waals surface area contributed by atoms with Gasteiger partial charge in [-0.1, -0.05) is 17.7 Å². The molecule has 0 radical (unpaired) electrons. The number of hydrogen-bond donors (Lipinski definition) is 2. The van der Waals surface area contributed by atoms with Gasteiger partial charge in [0, 0.05) is 19.3 Å². The second-order valence-corrected chi connectivity index (χ2v) is 5.50. The third-order valence-electron chi connectivity index (χ3n) is 3.28. The number of aryl methyl sites for hydroxylation is 2. The number of rotatable bonds is 6. The van der Waals surface area contributed by atoms with Gasteiger partial charge in [0.1, 0.15) is 17.5 Å². The molecule has 2 aromatic heterocycles.